The molecule has 3 aliphatic heterocycles. The number of pyridine rings is 1. The second-order valence-electron chi connectivity index (χ2n) is 11.5. The van der Waals surface area contributed by atoms with Gasteiger partial charge in [-0.3, -0.25) is 14.2 Å². The van der Waals surface area contributed by atoms with Crippen LogP contribution in [0.25, 0.3) is 22.0 Å². The van der Waals surface area contributed by atoms with Gasteiger partial charge in [0.15, 0.2) is 5.75 Å². The van der Waals surface area contributed by atoms with Crippen LogP contribution >= 0.6 is 11.6 Å². The molecule has 4 heterocycles. The van der Waals surface area contributed by atoms with E-state index < -0.39 is 23.2 Å². The van der Waals surface area contributed by atoms with Crippen molar-refractivity contribution in [2.45, 2.75) is 38.3 Å². The third-order valence-electron chi connectivity index (χ3n) is 8.79. The highest BCUT2D eigenvalue weighted by atomic mass is 35.5. The Bertz CT molecular complexity index is 1730. The maximum Gasteiger partial charge on any atom is 0.271 e. The highest BCUT2D eigenvalue weighted by Gasteiger charge is 2.36. The van der Waals surface area contributed by atoms with Gasteiger partial charge in [-0.05, 0) is 57.1 Å². The number of nitriles is 1. The number of hydrogen-bond acceptors (Lipinski definition) is 6. The number of nitrogens with zero attached hydrogens (tertiary/aromatic N) is 5. The Morgan fingerprint density at radius 3 is 2.63 bits per heavy atom. The topological polar surface area (TPSA) is 81.8 Å². The van der Waals surface area contributed by atoms with Crippen molar-refractivity contribution < 1.29 is 18.3 Å². The number of hydrogen-bond donors (Lipinski definition) is 0. The number of likely N-dealkylation sites (tertiary alicyclic amines) is 1. The number of aromatic nitrogens is 1. The van der Waals surface area contributed by atoms with Crippen LogP contribution in [0.1, 0.15) is 37.8 Å². The Morgan fingerprint density at radius 1 is 1.19 bits per heavy atom. The molecule has 1 unspecified atom stereocenters. The van der Waals surface area contributed by atoms with E-state index in [1.165, 1.54) is 12.1 Å². The normalized spacial score (nSPS) is 20.5. The fourth-order valence-electron chi connectivity index (χ4n) is 6.77. The quantitative estimate of drug-likeness (QED) is 0.375. The molecular weight excluding hydrogens is 576 g/mol. The zero-order valence-electron chi connectivity index (χ0n) is 23.9. The minimum absolute atomic E-state index is 0.0175. The van der Waals surface area contributed by atoms with E-state index in [4.69, 9.17) is 16.3 Å². The van der Waals surface area contributed by atoms with Crippen LogP contribution in [0.15, 0.2) is 41.7 Å². The highest BCUT2D eigenvalue weighted by Crippen LogP contribution is 2.48. The molecule has 2 fully saturated rings. The van der Waals surface area contributed by atoms with Crippen LogP contribution in [0.2, 0.25) is 5.02 Å². The molecule has 43 heavy (non-hydrogen) atoms. The molecular formula is C32H32ClF2N5O3. The minimum Gasteiger partial charge on any atom is -0.488 e. The van der Waals surface area contributed by atoms with Gasteiger partial charge >= 0.3 is 0 Å². The van der Waals surface area contributed by atoms with Crippen molar-refractivity contribution >= 4 is 34.1 Å². The van der Waals surface area contributed by atoms with Crippen molar-refractivity contribution in [3.63, 3.8) is 0 Å². The highest BCUT2D eigenvalue weighted by molar-refractivity contribution is 6.35. The van der Waals surface area contributed by atoms with E-state index in [-0.39, 0.29) is 46.0 Å². The van der Waals surface area contributed by atoms with Crippen LogP contribution in [0.3, 0.4) is 0 Å². The number of piperazine rings is 1. The molecule has 2 saturated heterocycles. The van der Waals surface area contributed by atoms with Gasteiger partial charge in [0.05, 0.1) is 22.3 Å². The molecule has 11 heteroatoms. The summed E-state index contributed by atoms with van der Waals surface area (Å²) in [5.41, 5.74) is 0.631. The molecule has 0 bridgehead atoms. The number of ether oxygens (including phenoxy) is 1. The molecule has 2 aromatic carbocycles. The molecule has 6 rings (SSSR count). The third-order valence-corrected chi connectivity index (χ3v) is 9.09. The van der Waals surface area contributed by atoms with Crippen molar-refractivity contribution in [2.24, 2.45) is 0 Å². The zero-order chi connectivity index (χ0) is 30.4. The smallest absolute Gasteiger partial charge is 0.271 e. The number of halogens is 3. The minimum atomic E-state index is -0.809. The summed E-state index contributed by atoms with van der Waals surface area (Å²) in [6.45, 7) is 9.11. The van der Waals surface area contributed by atoms with Gasteiger partial charge < -0.3 is 19.4 Å². The molecule has 0 aliphatic carbocycles. The monoisotopic (exact) mass is 607 g/mol. The van der Waals surface area contributed by atoms with Crippen molar-refractivity contribution in [1.82, 2.24) is 14.4 Å². The third kappa shape index (κ3) is 5.04. The van der Waals surface area contributed by atoms with E-state index in [0.717, 1.165) is 44.5 Å². The summed E-state index contributed by atoms with van der Waals surface area (Å²) in [6.07, 6.45) is 4.57. The van der Waals surface area contributed by atoms with E-state index in [0.29, 0.717) is 42.8 Å². The van der Waals surface area contributed by atoms with Gasteiger partial charge in [0.1, 0.15) is 29.9 Å². The maximum absolute atomic E-state index is 15.2. The molecule has 1 amide bonds. The lowest BCUT2D eigenvalue weighted by molar-refractivity contribution is -0.126. The first-order valence-electron chi connectivity index (χ1n) is 14.6. The number of rotatable bonds is 5. The van der Waals surface area contributed by atoms with Gasteiger partial charge in [0, 0.05) is 54.8 Å². The Morgan fingerprint density at radius 2 is 1.95 bits per heavy atom. The average molecular weight is 608 g/mol. The second-order valence-corrected chi connectivity index (χ2v) is 11.9. The van der Waals surface area contributed by atoms with Gasteiger partial charge in [0.25, 0.3) is 5.56 Å². The van der Waals surface area contributed by atoms with Crippen LogP contribution in [0.4, 0.5) is 14.5 Å². The van der Waals surface area contributed by atoms with Gasteiger partial charge in [-0.15, -0.1) is 0 Å². The molecule has 0 radical (unpaired) electrons. The summed E-state index contributed by atoms with van der Waals surface area (Å²) in [4.78, 5) is 32.6. The number of carbonyl (C=O) groups excluding carboxylic acids is 1. The largest absolute Gasteiger partial charge is 0.488 e. The van der Waals surface area contributed by atoms with Crippen molar-refractivity contribution in [3.8, 4) is 22.9 Å². The first-order valence-corrected chi connectivity index (χ1v) is 14.9. The van der Waals surface area contributed by atoms with Crippen LogP contribution in [-0.2, 0) is 4.79 Å². The summed E-state index contributed by atoms with van der Waals surface area (Å²) in [6, 6.07) is 6.42. The second kappa shape index (κ2) is 11.6. The Kier molecular flexibility index (Phi) is 7.88. The lowest BCUT2D eigenvalue weighted by atomic mass is 9.96. The lowest BCUT2D eigenvalue weighted by Gasteiger charge is -2.42. The van der Waals surface area contributed by atoms with Gasteiger partial charge in [-0.1, -0.05) is 24.6 Å². The van der Waals surface area contributed by atoms with E-state index in [9.17, 15) is 19.2 Å². The van der Waals surface area contributed by atoms with Crippen LogP contribution < -0.4 is 15.2 Å². The fourth-order valence-corrected chi connectivity index (χ4v) is 7.07. The molecule has 8 nitrogen and oxygen atoms in total. The molecule has 1 aromatic heterocycles. The van der Waals surface area contributed by atoms with E-state index in [1.54, 1.807) is 15.5 Å². The summed E-state index contributed by atoms with van der Waals surface area (Å²) in [5, 5.41) is 11.1. The van der Waals surface area contributed by atoms with Crippen molar-refractivity contribution in [3.05, 3.63) is 69.5 Å². The molecule has 0 N–H and O–H groups in total. The van der Waals surface area contributed by atoms with Crippen LogP contribution in [0, 0.1) is 23.0 Å². The maximum atomic E-state index is 15.2. The summed E-state index contributed by atoms with van der Waals surface area (Å²) in [5.74, 6) is -1.50. The molecule has 0 saturated carbocycles. The Labute approximate surface area is 253 Å². The summed E-state index contributed by atoms with van der Waals surface area (Å²) >= 11 is 6.87. The average Bonchev–Trinajstić information content (AvgIpc) is 3.00. The Hall–Kier alpha value is -3.94. The Balaban J connectivity index is 1.60. The number of anilines is 1. The first-order chi connectivity index (χ1) is 20.7. The van der Waals surface area contributed by atoms with E-state index in [1.807, 2.05) is 11.8 Å². The molecule has 224 valence electrons. The standard InChI is InChI=1S/C32H32ClF2N5O3/c1-3-27(41)38-11-12-39(19(2)16-38)29-23-14-25(33)28(22-8-7-20(34)13-26(22)35)31-30(23)40(32(42)24(29)15-36)21(18-43-31)17-37-9-5-4-6-10-37/h3,7-8,13-14,19,21H,1,4-6,9-12,16-18H2,2H3/t19-,21?/m0/s1. The first kappa shape index (κ1) is 29.1. The van der Waals surface area contributed by atoms with Crippen LogP contribution in [-0.4, -0.2) is 72.2 Å². The molecule has 3 aromatic rings. The molecule has 0 spiro atoms. The van der Waals surface area contributed by atoms with Crippen molar-refractivity contribution in [2.75, 3.05) is 50.8 Å². The molecule has 3 aliphatic rings. The van der Waals surface area contributed by atoms with E-state index >= 15 is 4.39 Å². The number of carbonyl (C=O) groups is 1. The number of amides is 1. The SMILES string of the molecule is C=CC(=O)N1CCN(c2c(C#N)c(=O)n3c4c(c(-c5ccc(F)cc5F)c(Cl)cc24)OCC3CN2CCCCC2)[C@@H](C)C1. The summed E-state index contributed by atoms with van der Waals surface area (Å²) < 4.78 is 37.0. The van der Waals surface area contributed by atoms with Gasteiger partial charge in [0.2, 0.25) is 5.91 Å². The van der Waals surface area contributed by atoms with Gasteiger partial charge in [-0.25, -0.2) is 8.78 Å². The number of benzene rings is 2. The van der Waals surface area contributed by atoms with Crippen LogP contribution in [0.5, 0.6) is 5.75 Å². The van der Waals surface area contributed by atoms with Gasteiger partial charge in [-0.2, -0.15) is 5.26 Å². The predicted octanol–water partition coefficient (Wildman–Crippen LogP) is 5.11. The predicted molar refractivity (Wildman–Crippen MR) is 162 cm³/mol. The van der Waals surface area contributed by atoms with E-state index in [2.05, 4.69) is 17.5 Å². The fraction of sp³-hybridized carbons (Fsp3) is 0.406. The zero-order valence-corrected chi connectivity index (χ0v) is 24.7. The van der Waals surface area contributed by atoms with Crippen molar-refractivity contribution in [1.29, 1.82) is 5.26 Å². The molecule has 2 atom stereocenters. The lowest BCUT2D eigenvalue weighted by Crippen LogP contribution is -2.54. The number of piperidine rings is 1. The summed E-state index contributed by atoms with van der Waals surface area (Å²) in [7, 11) is 0.